The van der Waals surface area contributed by atoms with Crippen LogP contribution in [0, 0.1) is 5.92 Å². The van der Waals surface area contributed by atoms with Crippen LogP contribution in [0.1, 0.15) is 28.8 Å². The second-order valence-corrected chi connectivity index (χ2v) is 5.10. The number of nitrogens with two attached hydrogens (primary N) is 1. The third-order valence-corrected chi connectivity index (χ3v) is 3.67. The lowest BCUT2D eigenvalue weighted by atomic mass is 9.96. The summed E-state index contributed by atoms with van der Waals surface area (Å²) in [7, 11) is 1.63. The van der Waals surface area contributed by atoms with Gasteiger partial charge in [0.1, 0.15) is 0 Å². The average molecular weight is 276 g/mol. The van der Waals surface area contributed by atoms with Gasteiger partial charge in [-0.2, -0.15) is 0 Å². The maximum atomic E-state index is 12.4. The van der Waals surface area contributed by atoms with Gasteiger partial charge >= 0.3 is 0 Å². The Morgan fingerprint density at radius 1 is 1.35 bits per heavy atom. The highest BCUT2D eigenvalue weighted by Crippen LogP contribution is 2.19. The number of rotatable bonds is 4. The van der Waals surface area contributed by atoms with Crippen molar-refractivity contribution in [1.29, 1.82) is 0 Å². The maximum absolute atomic E-state index is 12.4. The van der Waals surface area contributed by atoms with Crippen molar-refractivity contribution in [2.24, 2.45) is 11.7 Å². The van der Waals surface area contributed by atoms with Gasteiger partial charge in [-0.15, -0.1) is 0 Å². The quantitative estimate of drug-likeness (QED) is 0.897. The van der Waals surface area contributed by atoms with Gasteiger partial charge in [0.15, 0.2) is 0 Å². The van der Waals surface area contributed by atoms with Gasteiger partial charge in [0.05, 0.1) is 6.61 Å². The summed E-state index contributed by atoms with van der Waals surface area (Å²) in [6.07, 6.45) is 1.30. The Morgan fingerprint density at radius 2 is 2.05 bits per heavy atom. The van der Waals surface area contributed by atoms with E-state index in [1.54, 1.807) is 12.0 Å². The molecule has 1 aliphatic heterocycles. The number of primary amides is 1. The van der Waals surface area contributed by atoms with E-state index >= 15 is 0 Å². The van der Waals surface area contributed by atoms with Crippen molar-refractivity contribution in [1.82, 2.24) is 4.90 Å². The molecular formula is C15H20N2O3. The zero-order valence-corrected chi connectivity index (χ0v) is 11.7. The lowest BCUT2D eigenvalue weighted by Crippen LogP contribution is -2.41. The van der Waals surface area contributed by atoms with Crippen molar-refractivity contribution in [3.05, 3.63) is 35.4 Å². The van der Waals surface area contributed by atoms with Gasteiger partial charge < -0.3 is 15.4 Å². The number of ether oxygens (including phenoxy) is 1. The first-order valence-corrected chi connectivity index (χ1v) is 6.78. The van der Waals surface area contributed by atoms with E-state index in [9.17, 15) is 9.59 Å². The van der Waals surface area contributed by atoms with Crippen LogP contribution >= 0.6 is 0 Å². The third-order valence-electron chi connectivity index (χ3n) is 3.67. The van der Waals surface area contributed by atoms with Gasteiger partial charge in [-0.25, -0.2) is 0 Å². The minimum Gasteiger partial charge on any atom is -0.380 e. The van der Waals surface area contributed by atoms with Crippen LogP contribution < -0.4 is 5.73 Å². The Bertz CT molecular complexity index is 494. The fourth-order valence-corrected chi connectivity index (χ4v) is 2.51. The van der Waals surface area contributed by atoms with Gasteiger partial charge in [-0.1, -0.05) is 12.1 Å². The number of amides is 2. The summed E-state index contributed by atoms with van der Waals surface area (Å²) in [6, 6.07) is 7.45. The highest BCUT2D eigenvalue weighted by atomic mass is 16.5. The van der Waals surface area contributed by atoms with Gasteiger partial charge in [-0.05, 0) is 30.5 Å². The zero-order valence-electron chi connectivity index (χ0n) is 11.7. The number of benzene rings is 1. The molecule has 1 aromatic carbocycles. The molecule has 2 rings (SSSR count). The predicted octanol–water partition coefficient (Wildman–Crippen LogP) is 1.17. The normalized spacial score (nSPS) is 16.1. The fourth-order valence-electron chi connectivity index (χ4n) is 2.51. The molecule has 5 nitrogen and oxygen atoms in total. The molecule has 1 saturated heterocycles. The Morgan fingerprint density at radius 3 is 2.65 bits per heavy atom. The number of methoxy groups -OCH3 is 1. The summed E-state index contributed by atoms with van der Waals surface area (Å²) < 4.78 is 5.07. The van der Waals surface area contributed by atoms with E-state index in [2.05, 4.69) is 0 Å². The molecule has 108 valence electrons. The largest absolute Gasteiger partial charge is 0.380 e. The van der Waals surface area contributed by atoms with Crippen molar-refractivity contribution in [3.8, 4) is 0 Å². The van der Waals surface area contributed by atoms with Gasteiger partial charge in [0.2, 0.25) is 5.91 Å². The fraction of sp³-hybridized carbons (Fsp3) is 0.467. The first-order valence-electron chi connectivity index (χ1n) is 6.78. The molecular weight excluding hydrogens is 256 g/mol. The molecule has 2 amide bonds. The zero-order chi connectivity index (χ0) is 14.5. The molecule has 1 aliphatic rings. The summed E-state index contributed by atoms with van der Waals surface area (Å²) in [6.45, 7) is 1.66. The van der Waals surface area contributed by atoms with Crippen LogP contribution in [0.5, 0.6) is 0 Å². The van der Waals surface area contributed by atoms with Crippen LogP contribution in [0.2, 0.25) is 0 Å². The van der Waals surface area contributed by atoms with E-state index < -0.39 is 0 Å². The summed E-state index contributed by atoms with van der Waals surface area (Å²) in [5, 5.41) is 0. The van der Waals surface area contributed by atoms with E-state index in [0.717, 1.165) is 5.56 Å². The lowest BCUT2D eigenvalue weighted by molar-refractivity contribution is -0.123. The Labute approximate surface area is 118 Å². The molecule has 0 bridgehead atoms. The maximum Gasteiger partial charge on any atom is 0.253 e. The smallest absolute Gasteiger partial charge is 0.253 e. The number of hydrogen-bond donors (Lipinski definition) is 1. The molecule has 1 heterocycles. The van der Waals surface area contributed by atoms with Gasteiger partial charge in [0, 0.05) is 31.7 Å². The van der Waals surface area contributed by atoms with Crippen LogP contribution in [0.15, 0.2) is 24.3 Å². The third kappa shape index (κ3) is 3.36. The van der Waals surface area contributed by atoms with E-state index in [1.807, 2.05) is 24.3 Å². The van der Waals surface area contributed by atoms with Gasteiger partial charge in [-0.3, -0.25) is 9.59 Å². The number of carbonyl (C=O) groups is 2. The summed E-state index contributed by atoms with van der Waals surface area (Å²) in [5.41, 5.74) is 6.94. The second-order valence-electron chi connectivity index (χ2n) is 5.10. The molecule has 0 unspecified atom stereocenters. The second kappa shape index (κ2) is 6.52. The number of hydrogen-bond acceptors (Lipinski definition) is 3. The summed E-state index contributed by atoms with van der Waals surface area (Å²) in [5.74, 6) is -0.357. The van der Waals surface area contributed by atoms with Crippen molar-refractivity contribution in [2.45, 2.75) is 19.4 Å². The lowest BCUT2D eigenvalue weighted by Gasteiger charge is -2.30. The van der Waals surface area contributed by atoms with E-state index in [4.69, 9.17) is 10.5 Å². The molecule has 0 saturated carbocycles. The van der Waals surface area contributed by atoms with Crippen LogP contribution in [-0.4, -0.2) is 36.9 Å². The molecule has 2 N–H and O–H groups in total. The van der Waals surface area contributed by atoms with Crippen LogP contribution in [0.25, 0.3) is 0 Å². The van der Waals surface area contributed by atoms with E-state index in [0.29, 0.717) is 38.1 Å². The highest BCUT2D eigenvalue weighted by Gasteiger charge is 2.26. The topological polar surface area (TPSA) is 72.6 Å². The molecule has 5 heteroatoms. The summed E-state index contributed by atoms with van der Waals surface area (Å²) in [4.78, 5) is 25.3. The average Bonchev–Trinajstić information content (AvgIpc) is 2.47. The molecule has 1 fully saturated rings. The first kappa shape index (κ1) is 14.5. The Balaban J connectivity index is 2.01. The molecule has 0 spiro atoms. The van der Waals surface area contributed by atoms with E-state index in [-0.39, 0.29) is 17.7 Å². The number of nitrogens with zero attached hydrogens (tertiary/aromatic N) is 1. The van der Waals surface area contributed by atoms with Gasteiger partial charge in [0.25, 0.3) is 5.91 Å². The molecule has 0 aliphatic carbocycles. The molecule has 0 radical (unpaired) electrons. The molecule has 0 atom stereocenters. The molecule has 20 heavy (non-hydrogen) atoms. The standard InChI is InChI=1S/C15H20N2O3/c1-20-10-11-3-2-4-13(9-11)15(19)17-7-5-12(6-8-17)14(16)18/h2-4,9,12H,5-8,10H2,1H3,(H2,16,18). The minimum absolute atomic E-state index is 0.00544. The number of likely N-dealkylation sites (tertiary alicyclic amines) is 1. The number of carbonyl (C=O) groups excluding carboxylic acids is 2. The number of piperidine rings is 1. The highest BCUT2D eigenvalue weighted by molar-refractivity contribution is 5.94. The molecule has 0 aromatic heterocycles. The first-order chi connectivity index (χ1) is 9.61. The van der Waals surface area contributed by atoms with Crippen molar-refractivity contribution in [2.75, 3.05) is 20.2 Å². The SMILES string of the molecule is COCc1cccc(C(=O)N2CCC(C(N)=O)CC2)c1. The molecule has 1 aromatic rings. The van der Waals surface area contributed by atoms with Crippen molar-refractivity contribution >= 4 is 11.8 Å². The van der Waals surface area contributed by atoms with Crippen molar-refractivity contribution in [3.63, 3.8) is 0 Å². The monoisotopic (exact) mass is 276 g/mol. The Hall–Kier alpha value is -1.88. The van der Waals surface area contributed by atoms with Crippen LogP contribution in [-0.2, 0) is 16.1 Å². The minimum atomic E-state index is -0.265. The van der Waals surface area contributed by atoms with Crippen molar-refractivity contribution < 1.29 is 14.3 Å². The Kier molecular flexibility index (Phi) is 4.74. The summed E-state index contributed by atoms with van der Waals surface area (Å²) >= 11 is 0. The predicted molar refractivity (Wildman–Crippen MR) is 75.0 cm³/mol. The van der Waals surface area contributed by atoms with E-state index in [1.165, 1.54) is 0 Å². The van der Waals surface area contributed by atoms with Crippen LogP contribution in [0.4, 0.5) is 0 Å². The van der Waals surface area contributed by atoms with Crippen LogP contribution in [0.3, 0.4) is 0 Å².